The molecule has 1 aliphatic rings. The summed E-state index contributed by atoms with van der Waals surface area (Å²) in [4.78, 5) is 0. The summed E-state index contributed by atoms with van der Waals surface area (Å²) in [6, 6.07) is 32.3. The second kappa shape index (κ2) is 20.2. The minimum atomic E-state index is -0.446. The fraction of sp³-hybridized carbons (Fsp3) is 0.0714. The molecular weight excluding hydrogens is 455 g/mol. The molecule has 0 radical (unpaired) electrons. The van der Waals surface area contributed by atoms with Crippen LogP contribution in [0.3, 0.4) is 0 Å². The molecule has 0 N–H and O–H groups in total. The summed E-state index contributed by atoms with van der Waals surface area (Å²) in [5.74, 6) is 0. The Morgan fingerprint density at radius 2 is 0.750 bits per heavy atom. The van der Waals surface area contributed by atoms with Crippen molar-refractivity contribution in [2.45, 2.75) is 12.8 Å². The first kappa shape index (κ1) is 29.3. The van der Waals surface area contributed by atoms with E-state index in [1.165, 1.54) is 28.8 Å². The summed E-state index contributed by atoms with van der Waals surface area (Å²) in [6.07, 6.45) is 15.0. The summed E-state index contributed by atoms with van der Waals surface area (Å²) in [5, 5.41) is 4.19. The van der Waals surface area contributed by atoms with Crippen molar-refractivity contribution in [2.24, 2.45) is 0 Å². The Balaban J connectivity index is 0.000000625. The standard InChI is InChI=1S/C18H15P.C8H10.2CO.Fe/c1-4-10-16(11-5-1)19(17-12-6-2-7-13-17)18-14-8-3-9-15-18;1-2-4-6-8-7-5-3-1;2*1-2;/h1-15H;1-6H,7-8H2;;;/b;2-1-,5-3-,6-4-;;;. The molecule has 0 aromatic heterocycles. The molecule has 0 saturated heterocycles. The molecule has 0 heterocycles. The van der Waals surface area contributed by atoms with Gasteiger partial charge >= 0.3 is 22.6 Å². The van der Waals surface area contributed by atoms with Crippen LogP contribution >= 0.6 is 7.92 Å². The van der Waals surface area contributed by atoms with E-state index in [-0.39, 0.29) is 17.1 Å². The SMILES string of the molecule is C1=C\C=C/CC\C=C/1.[C-]#[O+].[C-]#[O+].[Fe].c1ccc(P(c2ccccc2)c2ccccc2)cc1. The molecule has 2 nitrogen and oxygen atoms in total. The van der Waals surface area contributed by atoms with Gasteiger partial charge in [-0.3, -0.25) is 0 Å². The molecule has 3 aromatic carbocycles. The Bertz CT molecular complexity index is 847. The summed E-state index contributed by atoms with van der Waals surface area (Å²) < 4.78 is 15.0. The smallest absolute Gasteiger partial charge is 0 e. The molecule has 0 saturated carbocycles. The van der Waals surface area contributed by atoms with E-state index < -0.39 is 7.92 Å². The molecule has 32 heavy (non-hydrogen) atoms. The predicted octanol–water partition coefficient (Wildman–Crippen LogP) is 5.82. The van der Waals surface area contributed by atoms with E-state index in [0.717, 1.165) is 0 Å². The number of benzene rings is 3. The Labute approximate surface area is 203 Å². The summed E-state index contributed by atoms with van der Waals surface area (Å²) in [6.45, 7) is 9.00. The fourth-order valence-corrected chi connectivity index (χ4v) is 5.15. The van der Waals surface area contributed by atoms with E-state index in [0.29, 0.717) is 0 Å². The number of allylic oxidation sites excluding steroid dienone is 6. The maximum atomic E-state index is 7.50. The first-order valence-corrected chi connectivity index (χ1v) is 11.1. The second-order valence-electron chi connectivity index (χ2n) is 6.16. The van der Waals surface area contributed by atoms with Gasteiger partial charge in [0.25, 0.3) is 0 Å². The Kier molecular flexibility index (Phi) is 18.5. The molecule has 0 aliphatic heterocycles. The van der Waals surface area contributed by atoms with Crippen LogP contribution < -0.4 is 15.9 Å². The monoisotopic (exact) mass is 480 g/mol. The Morgan fingerprint density at radius 1 is 0.469 bits per heavy atom. The van der Waals surface area contributed by atoms with Gasteiger partial charge in [-0.25, -0.2) is 0 Å². The van der Waals surface area contributed by atoms with Crippen LogP contribution in [0.5, 0.6) is 0 Å². The molecule has 1 aliphatic carbocycles. The molecule has 0 unspecified atom stereocenters. The zero-order chi connectivity index (χ0) is 22.6. The van der Waals surface area contributed by atoms with Gasteiger partial charge in [0.1, 0.15) is 0 Å². The zero-order valence-electron chi connectivity index (χ0n) is 17.7. The molecule has 162 valence electrons. The van der Waals surface area contributed by atoms with Gasteiger partial charge < -0.3 is 0 Å². The largest absolute Gasteiger partial charge is 0.0622 e. The molecule has 4 heteroatoms. The summed E-state index contributed by atoms with van der Waals surface area (Å²) >= 11 is 0. The van der Waals surface area contributed by atoms with Crippen LogP contribution in [0.2, 0.25) is 0 Å². The van der Waals surface area contributed by atoms with E-state index in [9.17, 15) is 0 Å². The Hall–Kier alpha value is -2.69. The average Bonchev–Trinajstić information content (AvgIpc) is 2.84. The van der Waals surface area contributed by atoms with E-state index in [1.807, 2.05) is 0 Å². The number of hydrogen-bond acceptors (Lipinski definition) is 0. The van der Waals surface area contributed by atoms with Gasteiger partial charge in [-0.2, -0.15) is 0 Å². The molecule has 0 fully saturated rings. The quantitative estimate of drug-likeness (QED) is 0.196. The van der Waals surface area contributed by atoms with E-state index in [1.54, 1.807) is 0 Å². The maximum absolute atomic E-state index is 7.50. The molecular formula is C28H25FeO2P. The molecule has 0 amide bonds. The molecule has 4 rings (SSSR count). The number of rotatable bonds is 3. The average molecular weight is 480 g/mol. The van der Waals surface area contributed by atoms with Crippen LogP contribution in [-0.2, 0) is 26.4 Å². The molecule has 0 bridgehead atoms. The van der Waals surface area contributed by atoms with Crippen LogP contribution in [0.1, 0.15) is 12.8 Å². The van der Waals surface area contributed by atoms with Crippen LogP contribution in [0.4, 0.5) is 0 Å². The van der Waals surface area contributed by atoms with Crippen molar-refractivity contribution in [3.63, 3.8) is 0 Å². The van der Waals surface area contributed by atoms with E-state index in [4.69, 9.17) is 9.30 Å². The van der Waals surface area contributed by atoms with Crippen molar-refractivity contribution >= 4 is 23.8 Å². The number of hydrogen-bond donors (Lipinski definition) is 0. The normalized spacial score (nSPS) is 13.9. The van der Waals surface area contributed by atoms with Gasteiger partial charge in [0.2, 0.25) is 0 Å². The van der Waals surface area contributed by atoms with E-state index >= 15 is 0 Å². The van der Waals surface area contributed by atoms with Crippen LogP contribution in [-0.4, -0.2) is 0 Å². The molecule has 0 spiro atoms. The van der Waals surface area contributed by atoms with Crippen molar-refractivity contribution < 1.29 is 26.4 Å². The maximum Gasteiger partial charge on any atom is 0 e. The van der Waals surface area contributed by atoms with Crippen molar-refractivity contribution in [3.8, 4) is 0 Å². The minimum Gasteiger partial charge on any atom is -0.0622 e. The van der Waals surface area contributed by atoms with Gasteiger partial charge in [-0.15, -0.1) is 0 Å². The molecule has 3 aromatic rings. The van der Waals surface area contributed by atoms with Gasteiger partial charge in [-0.05, 0) is 36.7 Å². The first-order valence-electron chi connectivity index (χ1n) is 9.79. The van der Waals surface area contributed by atoms with Crippen LogP contribution in [0.15, 0.2) is 127 Å². The third-order valence-electron chi connectivity index (χ3n) is 4.15. The minimum absolute atomic E-state index is 0. The van der Waals surface area contributed by atoms with Crippen molar-refractivity contribution in [1.82, 2.24) is 0 Å². The van der Waals surface area contributed by atoms with E-state index in [2.05, 4.69) is 141 Å². The van der Waals surface area contributed by atoms with Gasteiger partial charge in [-0.1, -0.05) is 127 Å². The predicted molar refractivity (Wildman–Crippen MR) is 130 cm³/mol. The topological polar surface area (TPSA) is 39.8 Å². The van der Waals surface area contributed by atoms with Gasteiger partial charge in [0, 0.05) is 17.1 Å². The third kappa shape index (κ3) is 11.1. The third-order valence-corrected chi connectivity index (χ3v) is 6.59. The van der Waals surface area contributed by atoms with Crippen LogP contribution in [0, 0.1) is 13.3 Å². The summed E-state index contributed by atoms with van der Waals surface area (Å²) in [7, 11) is -0.446. The van der Waals surface area contributed by atoms with Crippen LogP contribution in [0.25, 0.3) is 0 Å². The van der Waals surface area contributed by atoms with Gasteiger partial charge in [0.15, 0.2) is 0 Å². The molecule has 0 atom stereocenters. The van der Waals surface area contributed by atoms with Gasteiger partial charge in [0.05, 0.1) is 0 Å². The second-order valence-corrected chi connectivity index (χ2v) is 8.38. The Morgan fingerprint density at radius 3 is 1.03 bits per heavy atom. The fourth-order valence-electron chi connectivity index (χ4n) is 2.85. The first-order chi connectivity index (χ1) is 15.4. The zero-order valence-corrected chi connectivity index (χ0v) is 19.7. The van der Waals surface area contributed by atoms with Crippen molar-refractivity contribution in [1.29, 1.82) is 0 Å². The van der Waals surface area contributed by atoms with Crippen molar-refractivity contribution in [3.05, 3.63) is 141 Å². The van der Waals surface area contributed by atoms with Crippen molar-refractivity contribution in [2.75, 3.05) is 0 Å². The summed E-state index contributed by atoms with van der Waals surface area (Å²) in [5.41, 5.74) is 0.